The van der Waals surface area contributed by atoms with Crippen molar-refractivity contribution in [1.82, 2.24) is 4.90 Å². The van der Waals surface area contributed by atoms with Crippen molar-refractivity contribution in [3.63, 3.8) is 0 Å². The van der Waals surface area contributed by atoms with Crippen LogP contribution in [0.15, 0.2) is 0 Å². The van der Waals surface area contributed by atoms with E-state index in [9.17, 15) is 0 Å². The third-order valence-electron chi connectivity index (χ3n) is 2.10. The standard InChI is InChI=1S/C7H14N2S/c1-9-5-3-2-4-6(9)7(8)10/h6H,2-5H2,1H3,(H2,8,10). The summed E-state index contributed by atoms with van der Waals surface area (Å²) in [6.07, 6.45) is 3.70. The zero-order valence-corrected chi connectivity index (χ0v) is 7.16. The average molecular weight is 158 g/mol. The summed E-state index contributed by atoms with van der Waals surface area (Å²) < 4.78 is 0. The fourth-order valence-corrected chi connectivity index (χ4v) is 1.73. The van der Waals surface area contributed by atoms with Gasteiger partial charge in [-0.1, -0.05) is 18.6 Å². The molecule has 1 fully saturated rings. The average Bonchev–Trinajstić information content (AvgIpc) is 1.88. The lowest BCUT2D eigenvalue weighted by atomic mass is 10.0. The topological polar surface area (TPSA) is 29.3 Å². The van der Waals surface area contributed by atoms with Gasteiger partial charge >= 0.3 is 0 Å². The molecule has 0 saturated carbocycles. The molecule has 3 heteroatoms. The summed E-state index contributed by atoms with van der Waals surface area (Å²) in [6.45, 7) is 1.14. The fourth-order valence-electron chi connectivity index (χ4n) is 1.43. The number of likely N-dealkylation sites (N-methyl/N-ethyl adjacent to an activating group) is 1. The fraction of sp³-hybridized carbons (Fsp3) is 0.857. The maximum Gasteiger partial charge on any atom is 0.0901 e. The molecule has 0 aromatic heterocycles. The van der Waals surface area contributed by atoms with Gasteiger partial charge in [-0.3, -0.25) is 4.90 Å². The summed E-state index contributed by atoms with van der Waals surface area (Å²) in [5, 5.41) is 0. The van der Waals surface area contributed by atoms with Crippen LogP contribution >= 0.6 is 12.2 Å². The number of rotatable bonds is 1. The third kappa shape index (κ3) is 1.67. The number of nitrogens with two attached hydrogens (primary N) is 1. The van der Waals surface area contributed by atoms with Crippen molar-refractivity contribution in [3.8, 4) is 0 Å². The van der Waals surface area contributed by atoms with E-state index in [-0.39, 0.29) is 0 Å². The second kappa shape index (κ2) is 3.30. The number of thiocarbonyl (C=S) groups is 1. The van der Waals surface area contributed by atoms with Crippen LogP contribution in [0.25, 0.3) is 0 Å². The first-order valence-electron chi connectivity index (χ1n) is 3.71. The molecule has 0 spiro atoms. The molecule has 2 nitrogen and oxygen atoms in total. The molecule has 1 rings (SSSR count). The lowest BCUT2D eigenvalue weighted by Crippen LogP contribution is -2.44. The van der Waals surface area contributed by atoms with E-state index in [4.69, 9.17) is 18.0 Å². The maximum absolute atomic E-state index is 5.55. The monoisotopic (exact) mass is 158 g/mol. The van der Waals surface area contributed by atoms with Crippen LogP contribution in [-0.2, 0) is 0 Å². The first kappa shape index (κ1) is 7.95. The summed E-state index contributed by atoms with van der Waals surface area (Å²) in [4.78, 5) is 2.90. The van der Waals surface area contributed by atoms with Gasteiger partial charge in [-0.15, -0.1) is 0 Å². The number of nitrogens with zero attached hydrogens (tertiary/aromatic N) is 1. The Bertz CT molecular complexity index is 136. The van der Waals surface area contributed by atoms with Crippen LogP contribution in [-0.4, -0.2) is 29.5 Å². The Hall–Kier alpha value is -0.150. The molecule has 0 aromatic rings. The predicted octanol–water partition coefficient (Wildman–Crippen LogP) is 0.757. The SMILES string of the molecule is CN1CCCCC1C(N)=S. The van der Waals surface area contributed by atoms with Crippen molar-refractivity contribution in [2.24, 2.45) is 5.73 Å². The van der Waals surface area contributed by atoms with E-state index in [0.717, 1.165) is 13.0 Å². The van der Waals surface area contributed by atoms with E-state index < -0.39 is 0 Å². The van der Waals surface area contributed by atoms with Crippen molar-refractivity contribution in [1.29, 1.82) is 0 Å². The van der Waals surface area contributed by atoms with Gasteiger partial charge in [0.05, 0.1) is 11.0 Å². The van der Waals surface area contributed by atoms with Gasteiger partial charge in [0.15, 0.2) is 0 Å². The highest BCUT2D eigenvalue weighted by Crippen LogP contribution is 2.14. The predicted molar refractivity (Wildman–Crippen MR) is 47.1 cm³/mol. The van der Waals surface area contributed by atoms with Crippen LogP contribution in [0, 0.1) is 0 Å². The van der Waals surface area contributed by atoms with Gasteiger partial charge in [-0.25, -0.2) is 0 Å². The molecule has 58 valence electrons. The van der Waals surface area contributed by atoms with Crippen molar-refractivity contribution in [3.05, 3.63) is 0 Å². The van der Waals surface area contributed by atoms with E-state index in [1.54, 1.807) is 0 Å². The van der Waals surface area contributed by atoms with E-state index in [0.29, 0.717) is 11.0 Å². The minimum atomic E-state index is 0.365. The Labute approximate surface area is 67.4 Å². The number of likely N-dealkylation sites (tertiary alicyclic amines) is 1. The minimum Gasteiger partial charge on any atom is -0.392 e. The molecule has 1 aliphatic rings. The molecule has 1 heterocycles. The highest BCUT2D eigenvalue weighted by molar-refractivity contribution is 7.80. The zero-order valence-electron chi connectivity index (χ0n) is 6.34. The molecule has 10 heavy (non-hydrogen) atoms. The largest absolute Gasteiger partial charge is 0.392 e. The molecule has 1 aliphatic heterocycles. The second-order valence-electron chi connectivity index (χ2n) is 2.89. The van der Waals surface area contributed by atoms with Crippen LogP contribution in [0.4, 0.5) is 0 Å². The molecule has 1 saturated heterocycles. The van der Waals surface area contributed by atoms with Gasteiger partial charge in [-0.2, -0.15) is 0 Å². The van der Waals surface area contributed by atoms with Gasteiger partial charge in [-0.05, 0) is 26.4 Å². The Kier molecular flexibility index (Phi) is 2.63. The first-order valence-corrected chi connectivity index (χ1v) is 4.12. The molecule has 0 aliphatic carbocycles. The number of hydrogen-bond donors (Lipinski definition) is 1. The summed E-state index contributed by atoms with van der Waals surface area (Å²) in [6, 6.07) is 0.365. The molecule has 0 aromatic carbocycles. The van der Waals surface area contributed by atoms with Gasteiger partial charge in [0.1, 0.15) is 0 Å². The molecule has 1 unspecified atom stereocenters. The van der Waals surface area contributed by atoms with E-state index in [1.807, 2.05) is 0 Å². The van der Waals surface area contributed by atoms with Crippen molar-refractivity contribution in [2.75, 3.05) is 13.6 Å². The lowest BCUT2D eigenvalue weighted by Gasteiger charge is -2.31. The van der Waals surface area contributed by atoms with Crippen molar-refractivity contribution in [2.45, 2.75) is 25.3 Å². The Morgan fingerprint density at radius 1 is 1.60 bits per heavy atom. The van der Waals surface area contributed by atoms with E-state index in [2.05, 4.69) is 11.9 Å². The van der Waals surface area contributed by atoms with Crippen LogP contribution in [0.5, 0.6) is 0 Å². The Balaban J connectivity index is 2.47. The summed E-state index contributed by atoms with van der Waals surface area (Å²) in [7, 11) is 2.09. The van der Waals surface area contributed by atoms with Gasteiger partial charge in [0, 0.05) is 0 Å². The zero-order chi connectivity index (χ0) is 7.56. The molecule has 0 bridgehead atoms. The minimum absolute atomic E-state index is 0.365. The van der Waals surface area contributed by atoms with E-state index >= 15 is 0 Å². The first-order chi connectivity index (χ1) is 4.72. The Morgan fingerprint density at radius 2 is 2.30 bits per heavy atom. The molecular weight excluding hydrogens is 144 g/mol. The maximum atomic E-state index is 5.55. The highest BCUT2D eigenvalue weighted by Gasteiger charge is 2.20. The van der Waals surface area contributed by atoms with Crippen molar-refractivity contribution >= 4 is 17.2 Å². The Morgan fingerprint density at radius 3 is 2.70 bits per heavy atom. The number of hydrogen-bond acceptors (Lipinski definition) is 2. The summed E-state index contributed by atoms with van der Waals surface area (Å²) >= 11 is 4.93. The molecule has 0 amide bonds. The molecular formula is C7H14N2S. The van der Waals surface area contributed by atoms with Gasteiger partial charge < -0.3 is 5.73 Å². The third-order valence-corrected chi connectivity index (χ3v) is 2.37. The summed E-state index contributed by atoms with van der Waals surface area (Å²) in [5.74, 6) is 0. The van der Waals surface area contributed by atoms with Gasteiger partial charge in [0.25, 0.3) is 0 Å². The smallest absolute Gasteiger partial charge is 0.0901 e. The molecule has 0 radical (unpaired) electrons. The second-order valence-corrected chi connectivity index (χ2v) is 3.37. The normalized spacial score (nSPS) is 28.3. The molecule has 2 N–H and O–H groups in total. The number of piperidine rings is 1. The highest BCUT2D eigenvalue weighted by atomic mass is 32.1. The van der Waals surface area contributed by atoms with Gasteiger partial charge in [0.2, 0.25) is 0 Å². The molecule has 1 atom stereocenters. The lowest BCUT2D eigenvalue weighted by molar-refractivity contribution is 0.236. The van der Waals surface area contributed by atoms with Crippen LogP contribution in [0.2, 0.25) is 0 Å². The van der Waals surface area contributed by atoms with Crippen LogP contribution < -0.4 is 5.73 Å². The van der Waals surface area contributed by atoms with Crippen molar-refractivity contribution < 1.29 is 0 Å². The van der Waals surface area contributed by atoms with Crippen LogP contribution in [0.1, 0.15) is 19.3 Å². The van der Waals surface area contributed by atoms with Crippen LogP contribution in [0.3, 0.4) is 0 Å². The quantitative estimate of drug-likeness (QED) is 0.571. The summed E-state index contributed by atoms with van der Waals surface area (Å²) in [5.41, 5.74) is 5.55. The van der Waals surface area contributed by atoms with E-state index in [1.165, 1.54) is 12.8 Å².